The van der Waals surface area contributed by atoms with Gasteiger partial charge in [0.2, 0.25) is 0 Å². The lowest BCUT2D eigenvalue weighted by Gasteiger charge is -2.05. The van der Waals surface area contributed by atoms with Crippen molar-refractivity contribution >= 4 is 27.3 Å². The molecule has 1 aliphatic rings. The summed E-state index contributed by atoms with van der Waals surface area (Å²) in [5.41, 5.74) is 2.38. The number of hydrogen-bond acceptors (Lipinski definition) is 3. The highest BCUT2D eigenvalue weighted by molar-refractivity contribution is 9.10. The van der Waals surface area contributed by atoms with Gasteiger partial charge in [-0.1, -0.05) is 34.1 Å². The molecule has 1 aliphatic heterocycles. The summed E-state index contributed by atoms with van der Waals surface area (Å²) >= 11 is 5.30. The van der Waals surface area contributed by atoms with Crippen LogP contribution in [0.15, 0.2) is 34.1 Å². The molecule has 0 spiro atoms. The van der Waals surface area contributed by atoms with E-state index in [1.54, 1.807) is 11.3 Å². The first-order valence-electron chi connectivity index (χ1n) is 5.78. The Kier molecular flexibility index (Phi) is 3.27. The van der Waals surface area contributed by atoms with Gasteiger partial charge in [-0.15, -0.1) is 11.3 Å². The van der Waals surface area contributed by atoms with Crippen molar-refractivity contribution in [3.8, 4) is 10.6 Å². The molecule has 1 N–H and O–H groups in total. The molecule has 0 aliphatic carbocycles. The fourth-order valence-electron chi connectivity index (χ4n) is 2.14. The van der Waals surface area contributed by atoms with Crippen LogP contribution in [0.5, 0.6) is 0 Å². The van der Waals surface area contributed by atoms with Crippen molar-refractivity contribution in [2.24, 2.45) is 0 Å². The molecule has 1 aromatic carbocycles. The maximum Gasteiger partial charge on any atom is 0.124 e. The average molecular weight is 309 g/mol. The van der Waals surface area contributed by atoms with Crippen LogP contribution in [0.4, 0.5) is 0 Å². The lowest BCUT2D eigenvalue weighted by Crippen LogP contribution is -2.12. The van der Waals surface area contributed by atoms with Gasteiger partial charge < -0.3 is 5.32 Å². The van der Waals surface area contributed by atoms with Crippen LogP contribution in [0, 0.1) is 0 Å². The monoisotopic (exact) mass is 308 g/mol. The van der Waals surface area contributed by atoms with E-state index in [1.165, 1.54) is 24.1 Å². The smallest absolute Gasteiger partial charge is 0.124 e. The van der Waals surface area contributed by atoms with E-state index in [0.717, 1.165) is 16.0 Å². The predicted molar refractivity (Wildman–Crippen MR) is 75.2 cm³/mol. The fraction of sp³-hybridized carbons (Fsp3) is 0.308. The molecule has 2 heterocycles. The number of thiazole rings is 1. The van der Waals surface area contributed by atoms with Crippen LogP contribution in [0.2, 0.25) is 0 Å². The largest absolute Gasteiger partial charge is 0.309 e. The van der Waals surface area contributed by atoms with Crippen molar-refractivity contribution in [2.45, 2.75) is 18.9 Å². The van der Waals surface area contributed by atoms with E-state index in [0.29, 0.717) is 6.04 Å². The number of nitrogens with one attached hydrogen (secondary N) is 1. The number of nitrogens with zero attached hydrogens (tertiary/aromatic N) is 1. The maximum atomic E-state index is 4.75. The first kappa shape index (κ1) is 11.4. The number of rotatable bonds is 2. The second-order valence-electron chi connectivity index (χ2n) is 4.21. The van der Waals surface area contributed by atoms with Gasteiger partial charge in [0.1, 0.15) is 5.01 Å². The summed E-state index contributed by atoms with van der Waals surface area (Å²) in [7, 11) is 0. The van der Waals surface area contributed by atoms with Gasteiger partial charge in [0, 0.05) is 15.4 Å². The van der Waals surface area contributed by atoms with Crippen molar-refractivity contribution in [2.75, 3.05) is 6.54 Å². The molecule has 1 unspecified atom stereocenters. The zero-order valence-electron chi connectivity index (χ0n) is 9.32. The van der Waals surface area contributed by atoms with E-state index in [1.807, 2.05) is 6.07 Å². The number of aromatic nitrogens is 1. The van der Waals surface area contributed by atoms with Crippen LogP contribution >= 0.6 is 27.3 Å². The second kappa shape index (κ2) is 4.88. The standard InChI is InChI=1S/C13H13BrN2S/c14-10-5-2-1-4-9(10)13-16-12(8-17-13)11-6-3-7-15-11/h1-2,4-5,8,11,15H,3,6-7H2. The van der Waals surface area contributed by atoms with Crippen molar-refractivity contribution in [3.05, 3.63) is 39.8 Å². The third kappa shape index (κ3) is 2.30. The summed E-state index contributed by atoms with van der Waals surface area (Å²) in [6, 6.07) is 8.71. The van der Waals surface area contributed by atoms with Gasteiger partial charge in [-0.2, -0.15) is 0 Å². The van der Waals surface area contributed by atoms with Crippen molar-refractivity contribution in [1.29, 1.82) is 0 Å². The molecule has 3 rings (SSSR count). The number of benzene rings is 1. The van der Waals surface area contributed by atoms with Crippen LogP contribution in [0.3, 0.4) is 0 Å². The molecule has 88 valence electrons. The molecule has 2 nitrogen and oxygen atoms in total. The van der Waals surface area contributed by atoms with Gasteiger partial charge in [0.15, 0.2) is 0 Å². The van der Waals surface area contributed by atoms with Gasteiger partial charge in [0.05, 0.1) is 11.7 Å². The van der Waals surface area contributed by atoms with Crippen LogP contribution < -0.4 is 5.32 Å². The summed E-state index contributed by atoms with van der Waals surface area (Å²) in [4.78, 5) is 4.75. The van der Waals surface area contributed by atoms with Gasteiger partial charge in [0.25, 0.3) is 0 Å². The van der Waals surface area contributed by atoms with Crippen LogP contribution in [-0.4, -0.2) is 11.5 Å². The van der Waals surface area contributed by atoms with E-state index in [2.05, 4.69) is 44.8 Å². The Bertz CT molecular complexity index is 518. The molecule has 0 bridgehead atoms. The molecule has 1 atom stereocenters. The van der Waals surface area contributed by atoms with Crippen molar-refractivity contribution < 1.29 is 0 Å². The molecule has 0 radical (unpaired) electrons. The van der Waals surface area contributed by atoms with Crippen molar-refractivity contribution in [1.82, 2.24) is 10.3 Å². The lowest BCUT2D eigenvalue weighted by molar-refractivity contribution is 0.632. The topological polar surface area (TPSA) is 24.9 Å². The fourth-order valence-corrected chi connectivity index (χ4v) is 3.66. The van der Waals surface area contributed by atoms with Crippen LogP contribution in [0.25, 0.3) is 10.6 Å². The summed E-state index contributed by atoms with van der Waals surface area (Å²) in [5.74, 6) is 0. The normalized spacial score (nSPS) is 19.7. The lowest BCUT2D eigenvalue weighted by atomic mass is 10.2. The molecule has 1 fully saturated rings. The molecular weight excluding hydrogens is 296 g/mol. The van der Waals surface area contributed by atoms with E-state index in [9.17, 15) is 0 Å². The first-order valence-corrected chi connectivity index (χ1v) is 7.45. The molecular formula is C13H13BrN2S. The Morgan fingerprint density at radius 1 is 1.35 bits per heavy atom. The number of hydrogen-bond donors (Lipinski definition) is 1. The Morgan fingerprint density at radius 3 is 3.00 bits per heavy atom. The number of halogens is 1. The molecule has 4 heteroatoms. The molecule has 1 aromatic heterocycles. The molecule has 1 saturated heterocycles. The van der Waals surface area contributed by atoms with E-state index < -0.39 is 0 Å². The second-order valence-corrected chi connectivity index (χ2v) is 5.92. The quantitative estimate of drug-likeness (QED) is 0.907. The third-order valence-electron chi connectivity index (χ3n) is 3.04. The van der Waals surface area contributed by atoms with E-state index in [4.69, 9.17) is 4.98 Å². The minimum absolute atomic E-state index is 0.461. The average Bonchev–Trinajstić information content (AvgIpc) is 3.00. The minimum atomic E-state index is 0.461. The molecule has 17 heavy (non-hydrogen) atoms. The van der Waals surface area contributed by atoms with Gasteiger partial charge in [-0.25, -0.2) is 4.98 Å². The third-order valence-corrected chi connectivity index (χ3v) is 4.63. The first-order chi connectivity index (χ1) is 8.34. The van der Waals surface area contributed by atoms with E-state index >= 15 is 0 Å². The highest BCUT2D eigenvalue weighted by Gasteiger charge is 2.19. The summed E-state index contributed by atoms with van der Waals surface area (Å²) in [6.45, 7) is 1.12. The van der Waals surface area contributed by atoms with Crippen LogP contribution in [-0.2, 0) is 0 Å². The molecule has 0 saturated carbocycles. The van der Waals surface area contributed by atoms with Crippen molar-refractivity contribution in [3.63, 3.8) is 0 Å². The van der Waals surface area contributed by atoms with Gasteiger partial charge >= 0.3 is 0 Å². The molecule has 0 amide bonds. The summed E-state index contributed by atoms with van der Waals surface area (Å²) < 4.78 is 1.11. The van der Waals surface area contributed by atoms with Crippen LogP contribution in [0.1, 0.15) is 24.6 Å². The van der Waals surface area contributed by atoms with E-state index in [-0.39, 0.29) is 0 Å². The highest BCUT2D eigenvalue weighted by atomic mass is 79.9. The predicted octanol–water partition coefficient (Wildman–Crippen LogP) is 4.00. The minimum Gasteiger partial charge on any atom is -0.309 e. The highest BCUT2D eigenvalue weighted by Crippen LogP contribution is 2.33. The summed E-state index contributed by atoms with van der Waals surface area (Å²) in [6.07, 6.45) is 2.46. The van der Waals surface area contributed by atoms with Gasteiger partial charge in [-0.3, -0.25) is 0 Å². The zero-order valence-corrected chi connectivity index (χ0v) is 11.7. The Labute approximate surface area is 113 Å². The maximum absolute atomic E-state index is 4.75. The zero-order chi connectivity index (χ0) is 11.7. The Balaban J connectivity index is 1.92. The van der Waals surface area contributed by atoms with Gasteiger partial charge in [-0.05, 0) is 25.5 Å². The Hall–Kier alpha value is -0.710. The Morgan fingerprint density at radius 2 is 2.24 bits per heavy atom. The molecule has 2 aromatic rings. The SMILES string of the molecule is Brc1ccccc1-c1nc(C2CCCN2)cs1. The summed E-state index contributed by atoms with van der Waals surface area (Å²) in [5, 5.41) is 6.76.